The number of hydrogen-bond acceptors (Lipinski definition) is 4. The molecule has 0 bridgehead atoms. The molecule has 0 saturated heterocycles. The van der Waals surface area contributed by atoms with Gasteiger partial charge in [0.2, 0.25) is 0 Å². The van der Waals surface area contributed by atoms with Crippen molar-refractivity contribution in [3.05, 3.63) is 22.7 Å². The van der Waals surface area contributed by atoms with Gasteiger partial charge >= 0.3 is 0 Å². The Labute approximate surface area is 123 Å². The van der Waals surface area contributed by atoms with Crippen LogP contribution in [-0.2, 0) is 4.74 Å². The lowest BCUT2D eigenvalue weighted by atomic mass is 10.3. The summed E-state index contributed by atoms with van der Waals surface area (Å²) in [6.07, 6.45) is 1.09. The van der Waals surface area contributed by atoms with Crippen molar-refractivity contribution in [1.82, 2.24) is 5.32 Å². The summed E-state index contributed by atoms with van der Waals surface area (Å²) in [7, 11) is 3.32. The first-order valence-electron chi connectivity index (χ1n) is 6.41. The Bertz CT molecular complexity index is 374. The molecule has 0 saturated carbocycles. The highest BCUT2D eigenvalue weighted by molar-refractivity contribution is 9.10. The van der Waals surface area contributed by atoms with Crippen LogP contribution in [0.4, 0.5) is 0 Å². The first-order valence-corrected chi connectivity index (χ1v) is 7.20. The van der Waals surface area contributed by atoms with E-state index in [0.29, 0.717) is 6.61 Å². The second kappa shape index (κ2) is 9.18. The molecular formula is C14H22BrNO3. The predicted octanol–water partition coefficient (Wildman–Crippen LogP) is 2.85. The highest BCUT2D eigenvalue weighted by Crippen LogP contribution is 2.29. The third kappa shape index (κ3) is 5.80. The lowest BCUT2D eigenvalue weighted by molar-refractivity contribution is 0.0802. The Hall–Kier alpha value is -0.780. The molecule has 0 heterocycles. The van der Waals surface area contributed by atoms with E-state index in [1.165, 1.54) is 0 Å². The van der Waals surface area contributed by atoms with Crippen LogP contribution in [0, 0.1) is 0 Å². The minimum Gasteiger partial charge on any atom is -0.497 e. The van der Waals surface area contributed by atoms with Gasteiger partial charge in [-0.2, -0.15) is 0 Å². The normalized spacial score (nSPS) is 12.2. The van der Waals surface area contributed by atoms with Crippen molar-refractivity contribution in [3.63, 3.8) is 0 Å². The van der Waals surface area contributed by atoms with Crippen LogP contribution < -0.4 is 14.8 Å². The van der Waals surface area contributed by atoms with E-state index in [0.717, 1.165) is 35.5 Å². The molecule has 1 N–H and O–H groups in total. The maximum absolute atomic E-state index is 5.94. The average Bonchev–Trinajstić information content (AvgIpc) is 2.41. The molecular weight excluding hydrogens is 310 g/mol. The maximum Gasteiger partial charge on any atom is 0.134 e. The van der Waals surface area contributed by atoms with Crippen molar-refractivity contribution in [3.8, 4) is 11.5 Å². The second-order valence-corrected chi connectivity index (χ2v) is 5.05. The number of hydrogen-bond donors (Lipinski definition) is 1. The molecule has 1 unspecified atom stereocenters. The van der Waals surface area contributed by atoms with Gasteiger partial charge in [-0.15, -0.1) is 0 Å². The van der Waals surface area contributed by atoms with E-state index in [4.69, 9.17) is 14.2 Å². The van der Waals surface area contributed by atoms with Crippen LogP contribution in [0.15, 0.2) is 22.7 Å². The maximum atomic E-state index is 5.94. The first-order chi connectivity index (χ1) is 9.21. The number of nitrogens with one attached hydrogen (secondary N) is 1. The number of benzene rings is 1. The van der Waals surface area contributed by atoms with Gasteiger partial charge in [-0.25, -0.2) is 0 Å². The summed E-state index contributed by atoms with van der Waals surface area (Å²) in [5.41, 5.74) is 0. The topological polar surface area (TPSA) is 39.7 Å². The summed E-state index contributed by atoms with van der Waals surface area (Å²) in [6, 6.07) is 5.66. The summed E-state index contributed by atoms with van der Waals surface area (Å²) in [5.74, 6) is 1.59. The fourth-order valence-electron chi connectivity index (χ4n) is 1.64. The van der Waals surface area contributed by atoms with Crippen molar-refractivity contribution >= 4 is 15.9 Å². The standard InChI is InChI=1S/C14H22BrNO3/c1-4-7-16-9-12(10-17-2)19-14-6-5-11(18-3)8-13(14)15/h5-6,8,12,16H,4,7,9-10H2,1-3H3. The molecule has 1 atom stereocenters. The molecule has 5 heteroatoms. The van der Waals surface area contributed by atoms with Gasteiger partial charge in [0, 0.05) is 13.7 Å². The fraction of sp³-hybridized carbons (Fsp3) is 0.571. The lowest BCUT2D eigenvalue weighted by Crippen LogP contribution is -2.35. The molecule has 0 fully saturated rings. The van der Waals surface area contributed by atoms with Crippen LogP contribution in [-0.4, -0.2) is 40.0 Å². The molecule has 0 amide bonds. The number of methoxy groups -OCH3 is 2. The molecule has 0 radical (unpaired) electrons. The van der Waals surface area contributed by atoms with Crippen LogP contribution >= 0.6 is 15.9 Å². The van der Waals surface area contributed by atoms with Gasteiger partial charge in [0.25, 0.3) is 0 Å². The van der Waals surface area contributed by atoms with Gasteiger partial charge in [-0.05, 0) is 47.1 Å². The lowest BCUT2D eigenvalue weighted by Gasteiger charge is -2.20. The first kappa shape index (κ1) is 16.3. The van der Waals surface area contributed by atoms with E-state index in [2.05, 4.69) is 28.2 Å². The number of ether oxygens (including phenoxy) is 3. The zero-order valence-corrected chi connectivity index (χ0v) is 13.3. The van der Waals surface area contributed by atoms with Crippen molar-refractivity contribution in [2.45, 2.75) is 19.4 Å². The number of halogens is 1. The fourth-order valence-corrected chi connectivity index (χ4v) is 2.10. The molecule has 19 heavy (non-hydrogen) atoms. The molecule has 0 aliphatic heterocycles. The van der Waals surface area contributed by atoms with E-state index in [-0.39, 0.29) is 6.10 Å². The second-order valence-electron chi connectivity index (χ2n) is 4.20. The Balaban J connectivity index is 2.61. The molecule has 0 aliphatic carbocycles. The monoisotopic (exact) mass is 331 g/mol. The highest BCUT2D eigenvalue weighted by atomic mass is 79.9. The molecule has 0 aromatic heterocycles. The van der Waals surface area contributed by atoms with Crippen molar-refractivity contribution in [2.24, 2.45) is 0 Å². The van der Waals surface area contributed by atoms with E-state index in [1.54, 1.807) is 14.2 Å². The molecule has 4 nitrogen and oxygen atoms in total. The van der Waals surface area contributed by atoms with E-state index < -0.39 is 0 Å². The third-order valence-electron chi connectivity index (χ3n) is 2.58. The van der Waals surface area contributed by atoms with Gasteiger partial charge < -0.3 is 19.5 Å². The van der Waals surface area contributed by atoms with Crippen LogP contribution in [0.3, 0.4) is 0 Å². The minimum atomic E-state index is -0.0127. The largest absolute Gasteiger partial charge is 0.497 e. The van der Waals surface area contributed by atoms with Gasteiger partial charge in [0.15, 0.2) is 0 Å². The summed E-state index contributed by atoms with van der Waals surface area (Å²) in [5, 5.41) is 3.34. The molecule has 108 valence electrons. The van der Waals surface area contributed by atoms with Crippen LogP contribution in [0.2, 0.25) is 0 Å². The van der Waals surface area contributed by atoms with E-state index in [1.807, 2.05) is 18.2 Å². The predicted molar refractivity (Wildman–Crippen MR) is 80.1 cm³/mol. The van der Waals surface area contributed by atoms with E-state index in [9.17, 15) is 0 Å². The minimum absolute atomic E-state index is 0.0127. The zero-order valence-electron chi connectivity index (χ0n) is 11.7. The molecule has 1 aromatic rings. The van der Waals surface area contributed by atoms with E-state index >= 15 is 0 Å². The van der Waals surface area contributed by atoms with Gasteiger partial charge in [-0.3, -0.25) is 0 Å². The zero-order chi connectivity index (χ0) is 14.1. The van der Waals surface area contributed by atoms with Gasteiger partial charge in [-0.1, -0.05) is 6.92 Å². The average molecular weight is 332 g/mol. The highest BCUT2D eigenvalue weighted by Gasteiger charge is 2.12. The number of rotatable bonds is 9. The van der Waals surface area contributed by atoms with Gasteiger partial charge in [0.1, 0.15) is 17.6 Å². The summed E-state index contributed by atoms with van der Waals surface area (Å²) >= 11 is 3.48. The summed E-state index contributed by atoms with van der Waals surface area (Å²) in [6.45, 7) is 4.43. The molecule has 1 aromatic carbocycles. The summed E-state index contributed by atoms with van der Waals surface area (Å²) in [4.78, 5) is 0. The van der Waals surface area contributed by atoms with Crippen molar-refractivity contribution < 1.29 is 14.2 Å². The Morgan fingerprint density at radius 1 is 1.32 bits per heavy atom. The quantitative estimate of drug-likeness (QED) is 0.706. The third-order valence-corrected chi connectivity index (χ3v) is 3.20. The molecule has 0 aliphatic rings. The summed E-state index contributed by atoms with van der Waals surface area (Å²) < 4.78 is 17.2. The Morgan fingerprint density at radius 2 is 2.11 bits per heavy atom. The Morgan fingerprint density at radius 3 is 2.68 bits per heavy atom. The smallest absolute Gasteiger partial charge is 0.134 e. The molecule has 1 rings (SSSR count). The Kier molecular flexibility index (Phi) is 7.86. The molecule has 0 spiro atoms. The van der Waals surface area contributed by atoms with Gasteiger partial charge in [0.05, 0.1) is 18.2 Å². The van der Waals surface area contributed by atoms with Crippen molar-refractivity contribution in [2.75, 3.05) is 33.9 Å². The van der Waals surface area contributed by atoms with Crippen molar-refractivity contribution in [1.29, 1.82) is 0 Å². The van der Waals surface area contributed by atoms with Crippen LogP contribution in [0.25, 0.3) is 0 Å². The van der Waals surface area contributed by atoms with Crippen LogP contribution in [0.5, 0.6) is 11.5 Å². The van der Waals surface area contributed by atoms with Crippen LogP contribution in [0.1, 0.15) is 13.3 Å². The SMILES string of the molecule is CCCNCC(COC)Oc1ccc(OC)cc1Br.